The van der Waals surface area contributed by atoms with E-state index in [0.717, 1.165) is 22.9 Å². The average molecular weight is 566 g/mol. The summed E-state index contributed by atoms with van der Waals surface area (Å²) in [5.74, 6) is 0.520. The van der Waals surface area contributed by atoms with Crippen LogP contribution in [0.15, 0.2) is 65.6 Å². The van der Waals surface area contributed by atoms with Gasteiger partial charge in [0.05, 0.1) is 41.1 Å². The van der Waals surface area contributed by atoms with Gasteiger partial charge in [-0.2, -0.15) is 4.31 Å². The number of amides is 1. The van der Waals surface area contributed by atoms with Crippen molar-refractivity contribution in [2.24, 2.45) is 0 Å². The van der Waals surface area contributed by atoms with Crippen molar-refractivity contribution in [3.8, 4) is 11.5 Å². The predicted molar refractivity (Wildman–Crippen MR) is 147 cm³/mol. The first-order valence-electron chi connectivity index (χ1n) is 12.5. The number of anilines is 1. The zero-order chi connectivity index (χ0) is 28.4. The van der Waals surface area contributed by atoms with Crippen molar-refractivity contribution in [1.29, 1.82) is 0 Å². The van der Waals surface area contributed by atoms with Crippen LogP contribution in [-0.2, 0) is 10.0 Å². The number of hydrogen-bond acceptors (Lipinski definition) is 8. The Labute approximate surface area is 230 Å². The van der Waals surface area contributed by atoms with Crippen molar-refractivity contribution < 1.29 is 27.6 Å². The van der Waals surface area contributed by atoms with Crippen molar-refractivity contribution in [3.05, 3.63) is 82.2 Å². The molecule has 1 saturated heterocycles. The number of sulfonamides is 1. The first-order chi connectivity index (χ1) is 19.2. The minimum absolute atomic E-state index is 0.0878. The zero-order valence-corrected chi connectivity index (χ0v) is 22.6. The quantitative estimate of drug-likeness (QED) is 0.236. The molecule has 0 unspecified atom stereocenters. The highest BCUT2D eigenvalue weighted by Crippen LogP contribution is 2.35. The van der Waals surface area contributed by atoms with Gasteiger partial charge in [0.2, 0.25) is 10.0 Å². The number of aromatic nitrogens is 2. The van der Waals surface area contributed by atoms with Crippen molar-refractivity contribution in [1.82, 2.24) is 14.3 Å². The second kappa shape index (κ2) is 10.9. The van der Waals surface area contributed by atoms with E-state index in [0.29, 0.717) is 25.9 Å². The smallest absolute Gasteiger partial charge is 0.286 e. The number of imidazole rings is 1. The van der Waals surface area contributed by atoms with Crippen LogP contribution in [-0.4, -0.2) is 60.8 Å². The first-order valence-corrected chi connectivity index (χ1v) is 13.9. The zero-order valence-electron chi connectivity index (χ0n) is 21.8. The van der Waals surface area contributed by atoms with E-state index < -0.39 is 26.5 Å². The molecule has 1 aromatic heterocycles. The number of piperidine rings is 1. The second-order valence-corrected chi connectivity index (χ2v) is 11.2. The van der Waals surface area contributed by atoms with Gasteiger partial charge in [-0.25, -0.2) is 13.4 Å². The number of ether oxygens (including phenoxy) is 2. The van der Waals surface area contributed by atoms with Crippen LogP contribution in [0.5, 0.6) is 11.5 Å². The van der Waals surface area contributed by atoms with E-state index in [-0.39, 0.29) is 33.6 Å². The van der Waals surface area contributed by atoms with Crippen LogP contribution < -0.4 is 14.8 Å². The molecule has 3 aromatic carbocycles. The second-order valence-electron chi connectivity index (χ2n) is 9.28. The molecule has 0 saturated carbocycles. The Bertz CT molecular complexity index is 1640. The Morgan fingerprint density at radius 3 is 2.33 bits per heavy atom. The predicted octanol–water partition coefficient (Wildman–Crippen LogP) is 4.31. The molecule has 1 aliphatic rings. The normalized spacial score (nSPS) is 14.7. The summed E-state index contributed by atoms with van der Waals surface area (Å²) in [6.45, 7) is 0.705. The number of nitro benzene ring substituents is 1. The Morgan fingerprint density at radius 1 is 1.05 bits per heavy atom. The van der Waals surface area contributed by atoms with Crippen molar-refractivity contribution in [3.63, 3.8) is 0 Å². The maximum absolute atomic E-state index is 13.3. The molecule has 12 nitrogen and oxygen atoms in total. The van der Waals surface area contributed by atoms with E-state index in [9.17, 15) is 23.3 Å². The fourth-order valence-corrected chi connectivity index (χ4v) is 6.26. The summed E-state index contributed by atoms with van der Waals surface area (Å²) in [5, 5.41) is 14.1. The summed E-state index contributed by atoms with van der Waals surface area (Å²) in [5.41, 5.74) is 1.43. The van der Waals surface area contributed by atoms with E-state index in [2.05, 4.69) is 15.3 Å². The first kappa shape index (κ1) is 27.1. The number of aromatic amines is 1. The van der Waals surface area contributed by atoms with E-state index in [4.69, 9.17) is 9.47 Å². The highest BCUT2D eigenvalue weighted by molar-refractivity contribution is 7.89. The van der Waals surface area contributed by atoms with Crippen LogP contribution in [0.25, 0.3) is 11.0 Å². The van der Waals surface area contributed by atoms with Gasteiger partial charge in [0.1, 0.15) is 11.4 Å². The van der Waals surface area contributed by atoms with Crippen LogP contribution in [0.4, 0.5) is 11.4 Å². The number of benzene rings is 3. The SMILES string of the molecule is COc1cc(C(=O)Nc2ccc(S(=O)(=O)N3CCC(c4nc5ccccc5[nH]4)CC3)cc2)c([N+](=O)[O-])cc1OC. The maximum atomic E-state index is 13.3. The molecule has 2 N–H and O–H groups in total. The number of para-hydroxylation sites is 2. The minimum Gasteiger partial charge on any atom is -0.493 e. The highest BCUT2D eigenvalue weighted by atomic mass is 32.2. The van der Waals surface area contributed by atoms with Gasteiger partial charge in [0.25, 0.3) is 11.6 Å². The summed E-state index contributed by atoms with van der Waals surface area (Å²) in [6.07, 6.45) is 1.27. The summed E-state index contributed by atoms with van der Waals surface area (Å²) < 4.78 is 38.3. The number of nitrogens with zero attached hydrogens (tertiary/aromatic N) is 3. The van der Waals surface area contributed by atoms with Gasteiger partial charge >= 0.3 is 0 Å². The number of H-pyrrole nitrogens is 1. The third-order valence-electron chi connectivity index (χ3n) is 6.94. The lowest BCUT2D eigenvalue weighted by molar-refractivity contribution is -0.385. The number of nitrogens with one attached hydrogen (secondary N) is 2. The molecule has 0 aliphatic carbocycles. The van der Waals surface area contributed by atoms with Crippen molar-refractivity contribution >= 4 is 38.3 Å². The molecule has 0 radical (unpaired) electrons. The average Bonchev–Trinajstić information content (AvgIpc) is 3.41. The minimum atomic E-state index is -3.75. The molecule has 5 rings (SSSR count). The van der Waals surface area contributed by atoms with Crippen LogP contribution in [0, 0.1) is 10.1 Å². The number of carbonyl (C=O) groups is 1. The molecular formula is C27H27N5O7S. The van der Waals surface area contributed by atoms with Gasteiger partial charge in [0.15, 0.2) is 11.5 Å². The molecule has 208 valence electrons. The fraction of sp³-hybridized carbons (Fsp3) is 0.259. The maximum Gasteiger partial charge on any atom is 0.286 e. The van der Waals surface area contributed by atoms with Gasteiger partial charge in [0, 0.05) is 30.8 Å². The molecule has 40 heavy (non-hydrogen) atoms. The third kappa shape index (κ3) is 5.20. The molecule has 0 bridgehead atoms. The van der Waals surface area contributed by atoms with Crippen LogP contribution in [0.1, 0.15) is 34.9 Å². The Balaban J connectivity index is 1.27. The van der Waals surface area contributed by atoms with Gasteiger partial charge in [-0.1, -0.05) is 12.1 Å². The lowest BCUT2D eigenvalue weighted by Crippen LogP contribution is -2.38. The molecule has 0 atom stereocenters. The van der Waals surface area contributed by atoms with Crippen molar-refractivity contribution in [2.75, 3.05) is 32.6 Å². The van der Waals surface area contributed by atoms with Gasteiger partial charge in [-0.05, 0) is 49.2 Å². The number of rotatable bonds is 8. The lowest BCUT2D eigenvalue weighted by atomic mass is 9.97. The van der Waals surface area contributed by atoms with Crippen LogP contribution in [0.3, 0.4) is 0 Å². The summed E-state index contributed by atoms with van der Waals surface area (Å²) in [4.78, 5) is 31.8. The molecule has 13 heteroatoms. The number of hydrogen-bond donors (Lipinski definition) is 2. The third-order valence-corrected chi connectivity index (χ3v) is 8.85. The number of nitro groups is 1. The largest absolute Gasteiger partial charge is 0.493 e. The van der Waals surface area contributed by atoms with E-state index in [1.165, 1.54) is 48.9 Å². The van der Waals surface area contributed by atoms with E-state index in [1.54, 1.807) is 0 Å². The summed E-state index contributed by atoms with van der Waals surface area (Å²) in [6, 6.07) is 15.8. The Kier molecular flexibility index (Phi) is 7.41. The number of fused-ring (bicyclic) bond motifs is 1. The van der Waals surface area contributed by atoms with Crippen molar-refractivity contribution in [2.45, 2.75) is 23.7 Å². The highest BCUT2D eigenvalue weighted by Gasteiger charge is 2.31. The molecule has 2 heterocycles. The standard InChI is InChI=1S/C27H27N5O7S/c1-38-24-15-20(23(32(34)35)16-25(24)39-2)27(33)28-18-7-9-19(10-8-18)40(36,37)31-13-11-17(12-14-31)26-29-21-5-3-4-6-22(21)30-26/h3-10,15-17H,11-14H2,1-2H3,(H,28,33)(H,29,30). The topological polar surface area (TPSA) is 157 Å². The molecule has 1 amide bonds. The van der Waals surface area contributed by atoms with Gasteiger partial charge in [-0.3, -0.25) is 14.9 Å². The summed E-state index contributed by atoms with van der Waals surface area (Å²) >= 11 is 0. The molecule has 0 spiro atoms. The fourth-order valence-electron chi connectivity index (χ4n) is 4.79. The van der Waals surface area contributed by atoms with Gasteiger partial charge < -0.3 is 19.8 Å². The Hall–Kier alpha value is -4.49. The van der Waals surface area contributed by atoms with Crippen LogP contribution in [0.2, 0.25) is 0 Å². The Morgan fingerprint density at radius 2 is 1.70 bits per heavy atom. The van der Waals surface area contributed by atoms with E-state index in [1.807, 2.05) is 24.3 Å². The van der Waals surface area contributed by atoms with E-state index >= 15 is 0 Å². The lowest BCUT2D eigenvalue weighted by Gasteiger charge is -2.30. The molecule has 1 aliphatic heterocycles. The molecule has 4 aromatic rings. The summed E-state index contributed by atoms with van der Waals surface area (Å²) in [7, 11) is -1.07. The number of carbonyl (C=O) groups excluding carboxylic acids is 1. The van der Waals surface area contributed by atoms with Crippen LogP contribution >= 0.6 is 0 Å². The molecular weight excluding hydrogens is 538 g/mol. The monoisotopic (exact) mass is 565 g/mol. The molecule has 1 fully saturated rings. The number of methoxy groups -OCH3 is 2. The van der Waals surface area contributed by atoms with Gasteiger partial charge in [-0.15, -0.1) is 0 Å².